The van der Waals surface area contributed by atoms with Gasteiger partial charge in [0.25, 0.3) is 5.91 Å². The smallest absolute Gasteiger partial charge is 0.339 e. The topological polar surface area (TPSA) is 105 Å². The van der Waals surface area contributed by atoms with E-state index in [4.69, 9.17) is 19.2 Å². The maximum Gasteiger partial charge on any atom is 0.339 e. The molecule has 9 heteroatoms. The summed E-state index contributed by atoms with van der Waals surface area (Å²) in [5.74, 6) is 0.309. The lowest BCUT2D eigenvalue weighted by molar-refractivity contribution is -0.130. The Morgan fingerprint density at radius 2 is 1.79 bits per heavy atom. The zero-order valence-corrected chi connectivity index (χ0v) is 20.3. The van der Waals surface area contributed by atoms with Crippen LogP contribution in [0.15, 0.2) is 30.5 Å². The van der Waals surface area contributed by atoms with Crippen molar-refractivity contribution in [3.8, 4) is 22.8 Å². The Bertz CT molecular complexity index is 1240. The largest absolute Gasteiger partial charge is 0.486 e. The SMILES string of the molecule is CC(OC(=O)c1cc(-c2ccc3c(c2)OCCO3)nc2c1cnn2C(C)C)C(=O)NC(C)(C)C. The van der Waals surface area contributed by atoms with Crippen LogP contribution in [-0.4, -0.2) is 51.5 Å². The highest BCUT2D eigenvalue weighted by atomic mass is 16.6. The van der Waals surface area contributed by atoms with Gasteiger partial charge in [-0.05, 0) is 65.8 Å². The summed E-state index contributed by atoms with van der Waals surface area (Å²) in [5, 5.41) is 7.81. The van der Waals surface area contributed by atoms with Gasteiger partial charge in [-0.3, -0.25) is 4.79 Å². The third-order valence-corrected chi connectivity index (χ3v) is 5.26. The summed E-state index contributed by atoms with van der Waals surface area (Å²) in [4.78, 5) is 30.5. The summed E-state index contributed by atoms with van der Waals surface area (Å²) in [5.41, 5.74) is 1.73. The average Bonchev–Trinajstić information content (AvgIpc) is 3.21. The maximum atomic E-state index is 13.2. The Morgan fingerprint density at radius 1 is 1.09 bits per heavy atom. The first kappa shape index (κ1) is 23.5. The highest BCUT2D eigenvalue weighted by Crippen LogP contribution is 2.35. The molecule has 0 saturated carbocycles. The number of hydrogen-bond acceptors (Lipinski definition) is 7. The van der Waals surface area contributed by atoms with Crippen molar-refractivity contribution in [3.05, 3.63) is 36.0 Å². The summed E-state index contributed by atoms with van der Waals surface area (Å²) < 4.78 is 18.6. The van der Waals surface area contributed by atoms with E-state index in [2.05, 4.69) is 10.4 Å². The molecule has 9 nitrogen and oxygen atoms in total. The standard InChI is InChI=1S/C25H30N4O5/c1-14(2)29-22-18(13-26-29)17(24(31)34-15(3)23(30)28-25(4,5)6)12-19(27-22)16-7-8-20-21(11-16)33-10-9-32-20/h7-8,11-15H,9-10H2,1-6H3,(H,28,30). The van der Waals surface area contributed by atoms with Crippen LogP contribution in [0.5, 0.6) is 11.5 Å². The first-order chi connectivity index (χ1) is 16.0. The molecule has 0 saturated heterocycles. The fourth-order valence-corrected chi connectivity index (χ4v) is 3.66. The summed E-state index contributed by atoms with van der Waals surface area (Å²) in [6.45, 7) is 12.1. The van der Waals surface area contributed by atoms with Gasteiger partial charge in [0.1, 0.15) is 13.2 Å². The Balaban J connectivity index is 1.74. The summed E-state index contributed by atoms with van der Waals surface area (Å²) in [7, 11) is 0. The van der Waals surface area contributed by atoms with Gasteiger partial charge in [0, 0.05) is 17.1 Å². The van der Waals surface area contributed by atoms with Crippen LogP contribution in [0.4, 0.5) is 0 Å². The first-order valence-corrected chi connectivity index (χ1v) is 11.3. The second kappa shape index (κ2) is 8.96. The first-order valence-electron chi connectivity index (χ1n) is 11.3. The minimum absolute atomic E-state index is 0.0286. The fourth-order valence-electron chi connectivity index (χ4n) is 3.66. The molecular formula is C25H30N4O5. The normalized spacial score (nSPS) is 14.2. The third kappa shape index (κ3) is 4.83. The number of benzene rings is 1. The minimum atomic E-state index is -0.965. The number of amides is 1. The van der Waals surface area contributed by atoms with E-state index in [1.807, 2.05) is 52.8 Å². The number of aromatic nitrogens is 3. The Labute approximate surface area is 198 Å². The van der Waals surface area contributed by atoms with Crippen LogP contribution in [0.3, 0.4) is 0 Å². The van der Waals surface area contributed by atoms with Gasteiger partial charge in [-0.15, -0.1) is 0 Å². The van der Waals surface area contributed by atoms with Gasteiger partial charge in [-0.25, -0.2) is 14.5 Å². The second-order valence-electron chi connectivity index (χ2n) is 9.62. The van der Waals surface area contributed by atoms with Crippen LogP contribution in [0, 0.1) is 0 Å². The van der Waals surface area contributed by atoms with Crippen LogP contribution in [-0.2, 0) is 9.53 Å². The van der Waals surface area contributed by atoms with Crippen molar-refractivity contribution in [1.29, 1.82) is 0 Å². The zero-order valence-electron chi connectivity index (χ0n) is 20.3. The quantitative estimate of drug-likeness (QED) is 0.569. The van der Waals surface area contributed by atoms with Gasteiger partial charge in [-0.2, -0.15) is 5.10 Å². The molecule has 0 fully saturated rings. The lowest BCUT2D eigenvalue weighted by atomic mass is 10.1. The highest BCUT2D eigenvalue weighted by molar-refractivity contribution is 6.04. The van der Waals surface area contributed by atoms with Gasteiger partial charge >= 0.3 is 5.97 Å². The highest BCUT2D eigenvalue weighted by Gasteiger charge is 2.26. The molecule has 180 valence electrons. The number of nitrogens with one attached hydrogen (secondary N) is 1. The molecule has 0 bridgehead atoms. The predicted molar refractivity (Wildman–Crippen MR) is 127 cm³/mol. The van der Waals surface area contributed by atoms with E-state index in [9.17, 15) is 9.59 Å². The molecule has 3 heterocycles. The molecule has 1 aliphatic rings. The number of pyridine rings is 1. The van der Waals surface area contributed by atoms with E-state index in [1.165, 1.54) is 0 Å². The van der Waals surface area contributed by atoms with Gasteiger partial charge in [0.2, 0.25) is 0 Å². The van der Waals surface area contributed by atoms with Crippen LogP contribution in [0.25, 0.3) is 22.3 Å². The third-order valence-electron chi connectivity index (χ3n) is 5.26. The molecule has 1 aliphatic heterocycles. The molecule has 1 aromatic carbocycles. The van der Waals surface area contributed by atoms with Crippen molar-refractivity contribution in [2.24, 2.45) is 0 Å². The number of nitrogens with zero attached hydrogens (tertiary/aromatic N) is 3. The van der Waals surface area contributed by atoms with E-state index >= 15 is 0 Å². The molecule has 1 amide bonds. The lowest BCUT2D eigenvalue weighted by Gasteiger charge is -2.23. The second-order valence-corrected chi connectivity index (χ2v) is 9.62. The number of esters is 1. The minimum Gasteiger partial charge on any atom is -0.486 e. The number of hydrogen-bond donors (Lipinski definition) is 1. The molecule has 3 aromatic rings. The molecule has 1 N–H and O–H groups in total. The molecule has 0 spiro atoms. The predicted octanol–water partition coefficient (Wildman–Crippen LogP) is 3.91. The van der Waals surface area contributed by atoms with Crippen LogP contribution >= 0.6 is 0 Å². The molecule has 0 aliphatic carbocycles. The lowest BCUT2D eigenvalue weighted by Crippen LogP contribution is -2.46. The Morgan fingerprint density at radius 3 is 2.47 bits per heavy atom. The van der Waals surface area contributed by atoms with E-state index in [0.29, 0.717) is 41.4 Å². The van der Waals surface area contributed by atoms with Gasteiger partial charge in [-0.1, -0.05) is 0 Å². The Hall–Kier alpha value is -3.62. The van der Waals surface area contributed by atoms with Crippen LogP contribution in [0.2, 0.25) is 0 Å². The summed E-state index contributed by atoms with van der Waals surface area (Å²) in [6, 6.07) is 7.23. The van der Waals surface area contributed by atoms with Gasteiger partial charge in [0.05, 0.1) is 22.8 Å². The average molecular weight is 467 g/mol. The van der Waals surface area contributed by atoms with Crippen molar-refractivity contribution in [2.45, 2.75) is 59.2 Å². The number of fused-ring (bicyclic) bond motifs is 2. The Kier molecular flexibility index (Phi) is 6.20. The number of ether oxygens (including phenoxy) is 3. The fraction of sp³-hybridized carbons (Fsp3) is 0.440. The molecule has 1 atom stereocenters. The van der Waals surface area contributed by atoms with E-state index < -0.39 is 17.6 Å². The monoisotopic (exact) mass is 466 g/mol. The summed E-state index contributed by atoms with van der Waals surface area (Å²) in [6.07, 6.45) is 0.639. The molecular weight excluding hydrogens is 436 g/mol. The van der Waals surface area contributed by atoms with Gasteiger partial charge in [0.15, 0.2) is 23.3 Å². The number of carbonyl (C=O) groups excluding carboxylic acids is 2. The van der Waals surface area contributed by atoms with E-state index in [1.54, 1.807) is 23.9 Å². The molecule has 2 aromatic heterocycles. The van der Waals surface area contributed by atoms with Crippen molar-refractivity contribution >= 4 is 22.9 Å². The van der Waals surface area contributed by atoms with Crippen molar-refractivity contribution in [1.82, 2.24) is 20.1 Å². The zero-order chi connectivity index (χ0) is 24.6. The van der Waals surface area contributed by atoms with Crippen molar-refractivity contribution in [3.63, 3.8) is 0 Å². The van der Waals surface area contributed by atoms with Crippen LogP contribution < -0.4 is 14.8 Å². The molecule has 34 heavy (non-hydrogen) atoms. The van der Waals surface area contributed by atoms with Crippen molar-refractivity contribution < 1.29 is 23.8 Å². The molecule has 0 radical (unpaired) electrons. The summed E-state index contributed by atoms with van der Waals surface area (Å²) >= 11 is 0. The molecule has 1 unspecified atom stereocenters. The van der Waals surface area contributed by atoms with Crippen LogP contribution in [0.1, 0.15) is 57.9 Å². The molecule has 4 rings (SSSR count). The number of carbonyl (C=O) groups is 2. The maximum absolute atomic E-state index is 13.2. The van der Waals surface area contributed by atoms with Crippen molar-refractivity contribution in [2.75, 3.05) is 13.2 Å². The van der Waals surface area contributed by atoms with E-state index in [0.717, 1.165) is 5.56 Å². The van der Waals surface area contributed by atoms with Gasteiger partial charge < -0.3 is 19.5 Å². The number of rotatable bonds is 5. The van der Waals surface area contributed by atoms with E-state index in [-0.39, 0.29) is 17.5 Å².